The van der Waals surface area contributed by atoms with Crippen LogP contribution in [0.5, 0.6) is 5.75 Å². The fourth-order valence-corrected chi connectivity index (χ4v) is 11.5. The van der Waals surface area contributed by atoms with E-state index in [0.717, 1.165) is 31.9 Å². The van der Waals surface area contributed by atoms with Crippen molar-refractivity contribution in [2.75, 3.05) is 25.1 Å². The Bertz CT molecular complexity index is 3070. The summed E-state index contributed by atoms with van der Waals surface area (Å²) in [7, 11) is 3.43. The van der Waals surface area contributed by atoms with E-state index >= 15 is 9.59 Å². The van der Waals surface area contributed by atoms with Gasteiger partial charge in [0.25, 0.3) is 11.8 Å². The van der Waals surface area contributed by atoms with Crippen molar-refractivity contribution < 1.29 is 58.5 Å². The maximum atomic E-state index is 15.1. The first kappa shape index (κ1) is 65.1. The van der Waals surface area contributed by atoms with Gasteiger partial charge < -0.3 is 68.5 Å². The molecule has 1 unspecified atom stereocenters. The molecule has 0 saturated carbocycles. The number of aliphatic carboxylic acids is 1. The molecule has 1 saturated heterocycles. The number of carboxylic acids is 1. The van der Waals surface area contributed by atoms with Crippen molar-refractivity contribution in [1.29, 1.82) is 0 Å². The number of nitrogens with zero attached hydrogens (tertiary/aromatic N) is 1. The maximum Gasteiger partial charge on any atom is 0.327 e. The van der Waals surface area contributed by atoms with Crippen LogP contribution < -0.4 is 48.3 Å². The summed E-state index contributed by atoms with van der Waals surface area (Å²) in [4.78, 5) is 131. The van der Waals surface area contributed by atoms with Gasteiger partial charge in [0.15, 0.2) is 6.17 Å². The largest absolute Gasteiger partial charge is 0.508 e. The molecule has 5 aromatic rings. The highest BCUT2D eigenvalue weighted by molar-refractivity contribution is 8.76. The Hall–Kier alpha value is -8.03. The van der Waals surface area contributed by atoms with Crippen LogP contribution in [0.2, 0.25) is 0 Å². The Balaban J connectivity index is 1.45. The molecule has 6 rings (SSSR count). The number of phenols is 1. The molecule has 0 spiro atoms. The number of hydrogen-bond acceptors (Lipinski definition) is 15. The van der Waals surface area contributed by atoms with Gasteiger partial charge in [-0.25, -0.2) is 4.79 Å². The van der Waals surface area contributed by atoms with Crippen LogP contribution in [-0.4, -0.2) is 159 Å². The highest BCUT2D eigenvalue weighted by atomic mass is 33.1. The number of nitrogens with one attached hydrogen (secondary N) is 8. The lowest BCUT2D eigenvalue weighted by molar-refractivity contribution is -0.141. The van der Waals surface area contributed by atoms with E-state index in [2.05, 4.69) is 42.5 Å². The van der Waals surface area contributed by atoms with E-state index in [1.807, 2.05) is 26.0 Å². The summed E-state index contributed by atoms with van der Waals surface area (Å²) >= 11 is 0. The van der Waals surface area contributed by atoms with Gasteiger partial charge in [0.05, 0.1) is 12.1 Å². The van der Waals surface area contributed by atoms with Gasteiger partial charge in [0, 0.05) is 49.4 Å². The first-order valence-electron chi connectivity index (χ1n) is 27.6. The van der Waals surface area contributed by atoms with E-state index in [1.54, 1.807) is 91.0 Å². The van der Waals surface area contributed by atoms with E-state index in [-0.39, 0.29) is 67.5 Å². The number of aliphatic hydroxyl groups is 1. The minimum atomic E-state index is -1.93. The van der Waals surface area contributed by atoms with Gasteiger partial charge in [-0.05, 0) is 84.5 Å². The Kier molecular flexibility index (Phi) is 24.9. The molecule has 9 atom stereocenters. The molecular formula is C60H74N10O12S2. The minimum absolute atomic E-state index is 0.0302. The third-order valence-corrected chi connectivity index (χ3v) is 16.2. The molecule has 0 radical (unpaired) electrons. The third-order valence-electron chi connectivity index (χ3n) is 13.7. The van der Waals surface area contributed by atoms with Crippen LogP contribution in [0.15, 0.2) is 127 Å². The van der Waals surface area contributed by atoms with Crippen LogP contribution in [0, 0.1) is 0 Å². The Morgan fingerprint density at radius 1 is 0.583 bits per heavy atom. The predicted molar refractivity (Wildman–Crippen MR) is 321 cm³/mol. The number of carbonyl (C=O) groups excluding carboxylic acids is 8. The van der Waals surface area contributed by atoms with Gasteiger partial charge in [0.2, 0.25) is 35.4 Å². The number of fused-ring (bicyclic) bond motifs is 1. The SMILES string of the molecule is CC(C)N[C@@H]1CSSC[C@@H](C(=O)O)NC(=O)[C@H](Cc2ccccc2)NC(=O)[C@H](C(C)O)NC(=O)[C@H](CCCCN)NC(=O)[C@@H](N(C)C(=O)c2ccc3ccccc3c2)NC(=O)[C@H](Cc2ccc(O)cc2)NC(=O)[C@H](Cc2ccccc2)NC1=O. The van der Waals surface area contributed by atoms with E-state index < -0.39 is 108 Å². The number of likely N-dealkylation sites (N-methyl/N-ethyl adjacent to an activating group) is 1. The molecule has 448 valence electrons. The number of amides is 8. The van der Waals surface area contributed by atoms with Gasteiger partial charge in [-0.2, -0.15) is 0 Å². The Labute approximate surface area is 495 Å². The fourth-order valence-electron chi connectivity index (χ4n) is 9.17. The molecular weight excluding hydrogens is 1120 g/mol. The van der Waals surface area contributed by atoms with Crippen LogP contribution in [0.3, 0.4) is 0 Å². The van der Waals surface area contributed by atoms with E-state index in [4.69, 9.17) is 5.73 Å². The zero-order valence-electron chi connectivity index (χ0n) is 47.1. The molecule has 1 aliphatic heterocycles. The van der Waals surface area contributed by atoms with Crippen LogP contribution >= 0.6 is 21.6 Å². The van der Waals surface area contributed by atoms with Crippen molar-refractivity contribution >= 4 is 85.6 Å². The van der Waals surface area contributed by atoms with E-state index in [9.17, 15) is 48.9 Å². The molecule has 1 fully saturated rings. The summed E-state index contributed by atoms with van der Waals surface area (Å²) in [6, 6.07) is 24.8. The van der Waals surface area contributed by atoms with Gasteiger partial charge in [-0.1, -0.05) is 139 Å². The number of aromatic hydroxyl groups is 1. The molecule has 24 heteroatoms. The second-order valence-electron chi connectivity index (χ2n) is 20.7. The van der Waals surface area contributed by atoms with Crippen molar-refractivity contribution in [2.24, 2.45) is 5.73 Å². The summed E-state index contributed by atoms with van der Waals surface area (Å²) in [5, 5.41) is 54.9. The number of hydrogen-bond donors (Lipinski definition) is 12. The van der Waals surface area contributed by atoms with E-state index in [1.165, 1.54) is 38.2 Å². The number of carbonyl (C=O) groups is 9. The summed E-state index contributed by atoms with van der Waals surface area (Å²) in [5.74, 6) is -8.88. The average Bonchev–Trinajstić information content (AvgIpc) is 3.53. The van der Waals surface area contributed by atoms with Gasteiger partial charge >= 0.3 is 5.97 Å². The topological polar surface area (TPSA) is 340 Å². The van der Waals surface area contributed by atoms with Crippen molar-refractivity contribution in [3.8, 4) is 5.75 Å². The molecule has 5 aromatic carbocycles. The normalized spacial score (nSPS) is 22.5. The molecule has 0 bridgehead atoms. The van der Waals surface area contributed by atoms with Crippen LogP contribution in [0.4, 0.5) is 0 Å². The Morgan fingerprint density at radius 3 is 1.65 bits per heavy atom. The van der Waals surface area contributed by atoms with Gasteiger partial charge in [0.1, 0.15) is 42.0 Å². The number of phenolic OH excluding ortho intramolecular Hbond substituents is 1. The predicted octanol–water partition coefficient (Wildman–Crippen LogP) is 2.05. The second kappa shape index (κ2) is 32.1. The standard InChI is InChI=1S/C60H74N10O12S2/c1-35(2)62-48-33-83-84-34-49(60(81)82)67-54(75)46(30-38-17-9-6-10-18-38)66-57(78)50(36(3)71)68-52(73)44(21-13-14-28-61)63-58(79)51(70(4)59(80)42-25-24-40-19-11-12-20-41(40)32-42)69-55(76)47(31-39-22-26-43(72)27-23-39)64-53(74)45(65-56(48)77)29-37-15-7-5-8-16-37/h5-12,15-20,22-27,32,35-36,44-51,62,71-72H,13-14,21,28-31,33-34,61H2,1-4H3,(H,63,79)(H,64,74)(H,65,77)(H,66,78)(H,67,75)(H,68,73)(H,69,76)(H,81,82)/t36?,44-,45-,46-,47-,48+,49-,50-,51+/m0/s1. The number of unbranched alkanes of at least 4 members (excludes halogenated alkanes) is 1. The molecule has 1 aliphatic rings. The zero-order chi connectivity index (χ0) is 60.9. The maximum absolute atomic E-state index is 15.1. The quantitative estimate of drug-likeness (QED) is 0.0497. The molecule has 22 nitrogen and oxygen atoms in total. The van der Waals surface area contributed by atoms with Crippen molar-refractivity contribution in [3.63, 3.8) is 0 Å². The molecule has 8 amide bonds. The van der Waals surface area contributed by atoms with Crippen LogP contribution in [0.1, 0.15) is 67.1 Å². The monoisotopic (exact) mass is 1190 g/mol. The summed E-state index contributed by atoms with van der Waals surface area (Å²) in [6.45, 7) is 5.02. The lowest BCUT2D eigenvalue weighted by Crippen LogP contribution is -2.64. The highest BCUT2D eigenvalue weighted by Crippen LogP contribution is 2.24. The number of carboxylic acid groups (broad SMARTS) is 1. The lowest BCUT2D eigenvalue weighted by atomic mass is 10.0. The number of rotatable bonds is 16. The zero-order valence-corrected chi connectivity index (χ0v) is 48.8. The minimum Gasteiger partial charge on any atom is -0.508 e. The first-order chi connectivity index (χ1) is 40.2. The second-order valence-corrected chi connectivity index (χ2v) is 23.3. The first-order valence-corrected chi connectivity index (χ1v) is 30.1. The summed E-state index contributed by atoms with van der Waals surface area (Å²) in [5.41, 5.74) is 7.61. The fraction of sp³-hybridized carbons (Fsp3) is 0.383. The summed E-state index contributed by atoms with van der Waals surface area (Å²) < 4.78 is 0. The lowest BCUT2D eigenvalue weighted by Gasteiger charge is -2.32. The number of nitrogens with two attached hydrogens (primary N) is 1. The van der Waals surface area contributed by atoms with Gasteiger partial charge in [-0.3, -0.25) is 38.4 Å². The molecule has 13 N–H and O–H groups in total. The number of aliphatic hydroxyl groups excluding tert-OH is 1. The van der Waals surface area contributed by atoms with Crippen LogP contribution in [-0.2, 0) is 57.6 Å². The van der Waals surface area contributed by atoms with Crippen LogP contribution in [0.25, 0.3) is 10.8 Å². The van der Waals surface area contributed by atoms with E-state index in [0.29, 0.717) is 28.5 Å². The molecule has 84 heavy (non-hydrogen) atoms. The van der Waals surface area contributed by atoms with Gasteiger partial charge in [-0.15, -0.1) is 0 Å². The molecule has 1 heterocycles. The third kappa shape index (κ3) is 19.5. The van der Waals surface area contributed by atoms with Crippen molar-refractivity contribution in [3.05, 3.63) is 150 Å². The molecule has 0 aromatic heterocycles. The Morgan fingerprint density at radius 2 is 1.08 bits per heavy atom. The van der Waals surface area contributed by atoms with Crippen molar-refractivity contribution in [1.82, 2.24) is 47.4 Å². The average molecular weight is 1190 g/mol. The summed E-state index contributed by atoms with van der Waals surface area (Å²) in [6.07, 6.45) is -3.53. The molecule has 0 aliphatic carbocycles. The smallest absolute Gasteiger partial charge is 0.327 e. The number of benzene rings is 5. The van der Waals surface area contributed by atoms with Crippen molar-refractivity contribution in [2.45, 2.75) is 120 Å². The highest BCUT2D eigenvalue weighted by Gasteiger charge is 2.38.